The van der Waals surface area contributed by atoms with Gasteiger partial charge in [0.25, 0.3) is 0 Å². The number of allylic oxidation sites excluding steroid dienone is 2. The maximum absolute atomic E-state index is 13.8. The van der Waals surface area contributed by atoms with Crippen LogP contribution in [-0.2, 0) is 4.74 Å². The summed E-state index contributed by atoms with van der Waals surface area (Å²) in [5.74, 6) is 0.681. The number of amides is 1. The number of aliphatic imine (C=N–C) groups is 1. The molecule has 0 aromatic carbocycles. The fourth-order valence-corrected chi connectivity index (χ4v) is 5.21. The lowest BCUT2D eigenvalue weighted by molar-refractivity contribution is 0.0218. The number of fused-ring (bicyclic) bond motifs is 1. The zero-order chi connectivity index (χ0) is 28.1. The number of rotatable bonds is 3. The molecule has 4 heterocycles. The van der Waals surface area contributed by atoms with E-state index in [0.29, 0.717) is 36.5 Å². The second-order valence-electron chi connectivity index (χ2n) is 11.5. The normalized spacial score (nSPS) is 22.6. The molecule has 1 amide bonds. The third-order valence-electron chi connectivity index (χ3n) is 7.03. The van der Waals surface area contributed by atoms with Gasteiger partial charge in [-0.2, -0.15) is 4.98 Å². The van der Waals surface area contributed by atoms with Gasteiger partial charge < -0.3 is 14.5 Å². The molecule has 1 saturated heterocycles. The molecule has 0 saturated carbocycles. The third-order valence-corrected chi connectivity index (χ3v) is 7.70. The number of carbonyl (C=O) groups excluding carboxylic acids is 1. The summed E-state index contributed by atoms with van der Waals surface area (Å²) in [6.45, 7) is 17.1. The molecule has 2 aliphatic rings. The average Bonchev–Trinajstić information content (AvgIpc) is 2.81. The average molecular weight is 564 g/mol. The smallest absolute Gasteiger partial charge is 0.410 e. The van der Waals surface area contributed by atoms with Gasteiger partial charge in [0.1, 0.15) is 16.6 Å². The van der Waals surface area contributed by atoms with Gasteiger partial charge in [0.05, 0.1) is 21.8 Å². The Kier molecular flexibility index (Phi) is 7.83. The molecule has 4 rings (SSSR count). The highest BCUT2D eigenvalue weighted by molar-refractivity contribution is 6.41. The zero-order valence-corrected chi connectivity index (χ0v) is 24.8. The summed E-state index contributed by atoms with van der Waals surface area (Å²) in [5.41, 5.74) is 0.950. The predicted molar refractivity (Wildman–Crippen MR) is 153 cm³/mol. The van der Waals surface area contributed by atoms with Crippen LogP contribution in [0.5, 0.6) is 0 Å². The van der Waals surface area contributed by atoms with Crippen LogP contribution in [0.2, 0.25) is 10.2 Å². The first-order valence-corrected chi connectivity index (χ1v) is 13.8. The summed E-state index contributed by atoms with van der Waals surface area (Å²) in [5, 5.41) is 0.995. The summed E-state index contributed by atoms with van der Waals surface area (Å²) in [7, 11) is 0. The first-order chi connectivity index (χ1) is 17.7. The molecular weight excluding hydrogens is 527 g/mol. The Balaban J connectivity index is 1.85. The van der Waals surface area contributed by atoms with Gasteiger partial charge in [0.15, 0.2) is 5.65 Å². The van der Waals surface area contributed by atoms with Gasteiger partial charge >= 0.3 is 11.8 Å². The third kappa shape index (κ3) is 5.41. The summed E-state index contributed by atoms with van der Waals surface area (Å²) in [6, 6.07) is 1.58. The van der Waals surface area contributed by atoms with Gasteiger partial charge in [-0.25, -0.2) is 19.1 Å². The molecule has 0 bridgehead atoms. The minimum atomic E-state index is -0.581. The highest BCUT2D eigenvalue weighted by atomic mass is 35.5. The SMILES string of the molecule is CC(C)C1=C(n2c(=O)nc(N3CCN(C(=O)OC(C)(C)C)C[C@@H]3C)c3cc(Cl)c(Cl)nc32)C(C)C(C)C=N1. The Labute approximate surface area is 233 Å². The van der Waals surface area contributed by atoms with E-state index in [4.69, 9.17) is 32.9 Å². The number of carbonyl (C=O) groups is 1. The number of hydrogen-bond acceptors (Lipinski definition) is 7. The molecule has 0 N–H and O–H groups in total. The van der Waals surface area contributed by atoms with Gasteiger partial charge in [0.2, 0.25) is 0 Å². The van der Waals surface area contributed by atoms with Crippen LogP contribution in [-0.4, -0.2) is 63.0 Å². The largest absolute Gasteiger partial charge is 0.444 e. The second kappa shape index (κ2) is 10.5. The van der Waals surface area contributed by atoms with Crippen LogP contribution in [0.3, 0.4) is 0 Å². The van der Waals surface area contributed by atoms with Gasteiger partial charge in [-0.15, -0.1) is 0 Å². The van der Waals surface area contributed by atoms with Crippen LogP contribution >= 0.6 is 23.2 Å². The molecular formula is C27H36Cl2N6O3. The minimum Gasteiger partial charge on any atom is -0.444 e. The molecule has 2 unspecified atom stereocenters. The van der Waals surface area contributed by atoms with E-state index in [1.54, 1.807) is 15.5 Å². The Morgan fingerprint density at radius 1 is 1.13 bits per heavy atom. The van der Waals surface area contributed by atoms with Gasteiger partial charge in [-0.3, -0.25) is 4.99 Å². The van der Waals surface area contributed by atoms with Crippen LogP contribution in [0.25, 0.3) is 16.7 Å². The molecule has 9 nitrogen and oxygen atoms in total. The van der Waals surface area contributed by atoms with E-state index in [1.807, 2.05) is 52.7 Å². The molecule has 206 valence electrons. The van der Waals surface area contributed by atoms with Crippen LogP contribution in [0.4, 0.5) is 10.6 Å². The Morgan fingerprint density at radius 2 is 1.82 bits per heavy atom. The van der Waals surface area contributed by atoms with Crippen molar-refractivity contribution in [2.24, 2.45) is 22.7 Å². The van der Waals surface area contributed by atoms with Crippen LogP contribution in [0.15, 0.2) is 21.6 Å². The molecule has 38 heavy (non-hydrogen) atoms. The summed E-state index contributed by atoms with van der Waals surface area (Å²) in [6.07, 6.45) is 1.57. The van der Waals surface area contributed by atoms with Crippen molar-refractivity contribution in [3.8, 4) is 0 Å². The quantitative estimate of drug-likeness (QED) is 0.444. The number of hydrogen-bond donors (Lipinski definition) is 0. The molecule has 0 spiro atoms. The van der Waals surface area contributed by atoms with E-state index in [1.165, 1.54) is 0 Å². The summed E-state index contributed by atoms with van der Waals surface area (Å²) < 4.78 is 7.11. The lowest BCUT2D eigenvalue weighted by Crippen LogP contribution is -2.55. The van der Waals surface area contributed by atoms with E-state index in [2.05, 4.69) is 23.8 Å². The minimum absolute atomic E-state index is 0.00556. The maximum Gasteiger partial charge on any atom is 0.410 e. The fraction of sp³-hybridized carbons (Fsp3) is 0.593. The molecule has 2 aliphatic heterocycles. The van der Waals surface area contributed by atoms with Crippen molar-refractivity contribution in [2.45, 2.75) is 67.0 Å². The maximum atomic E-state index is 13.8. The standard InChI is InChI=1S/C27H36Cl2N6O3/c1-14(2)20-21(17(5)15(3)12-30-20)35-24-18(11-19(28)22(29)31-24)23(32-25(35)36)34-10-9-33(13-16(34)4)26(37)38-27(6,7)8/h11-12,14-17H,9-10,13H2,1-8H3/t15?,16-,17?/m0/s1. The van der Waals surface area contributed by atoms with Crippen molar-refractivity contribution in [2.75, 3.05) is 24.5 Å². The number of pyridine rings is 1. The van der Waals surface area contributed by atoms with E-state index < -0.39 is 11.3 Å². The van der Waals surface area contributed by atoms with Crippen molar-refractivity contribution >= 4 is 58.1 Å². The van der Waals surface area contributed by atoms with Gasteiger partial charge in [0, 0.05) is 37.8 Å². The van der Waals surface area contributed by atoms with Gasteiger partial charge in [-0.05, 0) is 45.6 Å². The van der Waals surface area contributed by atoms with Gasteiger partial charge in [-0.1, -0.05) is 50.9 Å². The Morgan fingerprint density at radius 3 is 2.42 bits per heavy atom. The highest BCUT2D eigenvalue weighted by Gasteiger charge is 2.34. The number of piperazine rings is 1. The van der Waals surface area contributed by atoms with E-state index >= 15 is 0 Å². The topological polar surface area (TPSA) is 92.9 Å². The number of nitrogens with zero attached hydrogens (tertiary/aromatic N) is 6. The fourth-order valence-electron chi connectivity index (χ4n) is 4.92. The van der Waals surface area contributed by atoms with Crippen LogP contribution < -0.4 is 10.6 Å². The molecule has 2 aromatic rings. The second-order valence-corrected chi connectivity index (χ2v) is 12.3. The first-order valence-electron chi connectivity index (χ1n) is 13.0. The molecule has 11 heteroatoms. The molecule has 0 radical (unpaired) electrons. The molecule has 1 fully saturated rings. The van der Waals surface area contributed by atoms with E-state index in [-0.39, 0.29) is 40.1 Å². The number of aromatic nitrogens is 3. The predicted octanol–water partition coefficient (Wildman–Crippen LogP) is 5.73. The van der Waals surface area contributed by atoms with E-state index in [9.17, 15) is 9.59 Å². The van der Waals surface area contributed by atoms with E-state index in [0.717, 1.165) is 11.4 Å². The zero-order valence-electron chi connectivity index (χ0n) is 23.2. The monoisotopic (exact) mass is 562 g/mol. The van der Waals surface area contributed by atoms with Crippen molar-refractivity contribution in [3.05, 3.63) is 32.4 Å². The summed E-state index contributed by atoms with van der Waals surface area (Å²) in [4.78, 5) is 44.0. The molecule has 3 atom stereocenters. The number of anilines is 1. The van der Waals surface area contributed by atoms with Crippen LogP contribution in [0.1, 0.15) is 55.4 Å². The van der Waals surface area contributed by atoms with Crippen molar-refractivity contribution in [3.63, 3.8) is 0 Å². The molecule has 0 aliphatic carbocycles. The molecule has 2 aromatic heterocycles. The first kappa shape index (κ1) is 28.4. The lowest BCUT2D eigenvalue weighted by Gasteiger charge is -2.41. The lowest BCUT2D eigenvalue weighted by atomic mass is 9.87. The number of ether oxygens (including phenoxy) is 1. The van der Waals surface area contributed by atoms with Crippen molar-refractivity contribution in [1.29, 1.82) is 0 Å². The highest BCUT2D eigenvalue weighted by Crippen LogP contribution is 2.37. The number of halogens is 2. The Hall–Kier alpha value is -2.65. The van der Waals surface area contributed by atoms with Crippen molar-refractivity contribution < 1.29 is 9.53 Å². The summed E-state index contributed by atoms with van der Waals surface area (Å²) >= 11 is 12.8. The Bertz CT molecular complexity index is 1380. The van der Waals surface area contributed by atoms with Crippen LogP contribution in [0, 0.1) is 17.8 Å². The van der Waals surface area contributed by atoms with Crippen molar-refractivity contribution in [1.82, 2.24) is 19.4 Å².